The summed E-state index contributed by atoms with van der Waals surface area (Å²) < 4.78 is 0. The van der Waals surface area contributed by atoms with E-state index in [1.807, 2.05) is 0 Å². The number of carbonyl (C=O) groups is 2. The van der Waals surface area contributed by atoms with Gasteiger partial charge in [0, 0.05) is 12.5 Å². The Labute approximate surface area is 127 Å². The molecule has 1 saturated carbocycles. The zero-order chi connectivity index (χ0) is 15.1. The molecule has 21 heavy (non-hydrogen) atoms. The summed E-state index contributed by atoms with van der Waals surface area (Å²) in [6.45, 7) is 2.30. The minimum absolute atomic E-state index is 0.162. The van der Waals surface area contributed by atoms with Crippen molar-refractivity contribution in [2.75, 3.05) is 19.6 Å². The zero-order valence-electron chi connectivity index (χ0n) is 13.0. The number of nitrogens with zero attached hydrogens (tertiary/aromatic N) is 1. The van der Waals surface area contributed by atoms with Gasteiger partial charge in [-0.3, -0.25) is 14.5 Å². The van der Waals surface area contributed by atoms with Crippen LogP contribution in [-0.4, -0.2) is 42.4 Å². The van der Waals surface area contributed by atoms with E-state index in [0.29, 0.717) is 24.9 Å². The van der Waals surface area contributed by atoms with Gasteiger partial charge >= 0.3 is 0 Å². The lowest BCUT2D eigenvalue weighted by Gasteiger charge is -2.31. The molecule has 0 atom stereocenters. The molecule has 1 aliphatic heterocycles. The minimum atomic E-state index is -0.209. The van der Waals surface area contributed by atoms with Gasteiger partial charge in [0.15, 0.2) is 0 Å². The van der Waals surface area contributed by atoms with Crippen molar-refractivity contribution in [3.63, 3.8) is 0 Å². The van der Waals surface area contributed by atoms with Crippen LogP contribution in [0.4, 0.5) is 0 Å². The van der Waals surface area contributed by atoms with E-state index in [0.717, 1.165) is 38.8 Å². The second-order valence-electron chi connectivity index (χ2n) is 6.65. The first-order chi connectivity index (χ1) is 10.1. The van der Waals surface area contributed by atoms with E-state index in [-0.39, 0.29) is 11.8 Å². The number of primary amides is 1. The van der Waals surface area contributed by atoms with Gasteiger partial charge in [-0.1, -0.05) is 25.7 Å². The first-order valence-electron chi connectivity index (χ1n) is 8.43. The molecule has 5 nitrogen and oxygen atoms in total. The van der Waals surface area contributed by atoms with Crippen molar-refractivity contribution in [3.8, 4) is 0 Å². The SMILES string of the molecule is NC(=O)CC1CCN(CC(=O)NC2CCCCCC2)CC1. The number of carbonyl (C=O) groups excluding carboxylic acids is 2. The molecule has 5 heteroatoms. The maximum Gasteiger partial charge on any atom is 0.234 e. The maximum absolute atomic E-state index is 12.1. The standard InChI is InChI=1S/C16H29N3O2/c17-15(20)11-13-7-9-19(10-8-13)12-16(21)18-14-5-3-1-2-4-6-14/h13-14H,1-12H2,(H2,17,20)(H,18,21). The van der Waals surface area contributed by atoms with Crippen LogP contribution in [0.2, 0.25) is 0 Å². The van der Waals surface area contributed by atoms with Gasteiger partial charge in [-0.2, -0.15) is 0 Å². The molecule has 120 valence electrons. The summed E-state index contributed by atoms with van der Waals surface area (Å²) in [5.74, 6) is 0.360. The molecule has 0 aromatic rings. The Bertz CT molecular complexity index is 343. The summed E-state index contributed by atoms with van der Waals surface area (Å²) in [5, 5.41) is 3.19. The third kappa shape index (κ3) is 6.04. The first-order valence-corrected chi connectivity index (χ1v) is 8.43. The Morgan fingerprint density at radius 1 is 1.00 bits per heavy atom. The molecule has 2 amide bonds. The number of rotatable bonds is 5. The van der Waals surface area contributed by atoms with Gasteiger partial charge in [0.25, 0.3) is 0 Å². The lowest BCUT2D eigenvalue weighted by Crippen LogP contribution is -2.44. The van der Waals surface area contributed by atoms with Crippen LogP contribution in [0.3, 0.4) is 0 Å². The minimum Gasteiger partial charge on any atom is -0.370 e. The molecule has 0 spiro atoms. The molecule has 2 fully saturated rings. The van der Waals surface area contributed by atoms with Crippen molar-refractivity contribution in [2.45, 2.75) is 63.8 Å². The van der Waals surface area contributed by atoms with Gasteiger partial charge in [0.1, 0.15) is 0 Å². The summed E-state index contributed by atoms with van der Waals surface area (Å²) in [5.41, 5.74) is 5.24. The number of piperidine rings is 1. The highest BCUT2D eigenvalue weighted by Crippen LogP contribution is 2.20. The van der Waals surface area contributed by atoms with Crippen molar-refractivity contribution < 1.29 is 9.59 Å². The largest absolute Gasteiger partial charge is 0.370 e. The quantitative estimate of drug-likeness (QED) is 0.753. The second kappa shape index (κ2) is 8.37. The van der Waals surface area contributed by atoms with E-state index in [1.54, 1.807) is 0 Å². The van der Waals surface area contributed by atoms with E-state index >= 15 is 0 Å². The highest BCUT2D eigenvalue weighted by Gasteiger charge is 2.23. The fraction of sp³-hybridized carbons (Fsp3) is 0.875. The van der Waals surface area contributed by atoms with E-state index in [4.69, 9.17) is 5.73 Å². The molecule has 1 saturated heterocycles. The Hall–Kier alpha value is -1.10. The van der Waals surface area contributed by atoms with Crippen LogP contribution in [0.25, 0.3) is 0 Å². The number of hydrogen-bond donors (Lipinski definition) is 2. The normalized spacial score (nSPS) is 22.7. The Balaban J connectivity index is 1.65. The third-order valence-corrected chi connectivity index (χ3v) is 4.78. The third-order valence-electron chi connectivity index (χ3n) is 4.78. The molecule has 0 aromatic heterocycles. The van der Waals surface area contributed by atoms with Gasteiger partial charge in [0.2, 0.25) is 11.8 Å². The molecule has 0 radical (unpaired) electrons. The smallest absolute Gasteiger partial charge is 0.234 e. The van der Waals surface area contributed by atoms with Crippen molar-refractivity contribution in [2.24, 2.45) is 11.7 Å². The van der Waals surface area contributed by atoms with Crippen molar-refractivity contribution in [1.29, 1.82) is 0 Å². The number of likely N-dealkylation sites (tertiary alicyclic amines) is 1. The summed E-state index contributed by atoms with van der Waals surface area (Å²) in [6, 6.07) is 0.382. The molecule has 0 unspecified atom stereocenters. The van der Waals surface area contributed by atoms with Crippen molar-refractivity contribution >= 4 is 11.8 Å². The average molecular weight is 295 g/mol. The number of hydrogen-bond acceptors (Lipinski definition) is 3. The summed E-state index contributed by atoms with van der Waals surface area (Å²) in [7, 11) is 0. The molecule has 1 heterocycles. The van der Waals surface area contributed by atoms with Crippen LogP contribution in [0, 0.1) is 5.92 Å². The number of nitrogens with two attached hydrogens (primary N) is 1. The Morgan fingerprint density at radius 3 is 2.19 bits per heavy atom. The van der Waals surface area contributed by atoms with Gasteiger partial charge in [-0.15, -0.1) is 0 Å². The molecule has 1 aliphatic carbocycles. The topological polar surface area (TPSA) is 75.4 Å². The molecule has 2 rings (SSSR count). The van der Waals surface area contributed by atoms with Crippen LogP contribution >= 0.6 is 0 Å². The Kier molecular flexibility index (Phi) is 6.49. The lowest BCUT2D eigenvalue weighted by molar-refractivity contribution is -0.124. The number of amides is 2. The van der Waals surface area contributed by atoms with Gasteiger partial charge in [0.05, 0.1) is 6.54 Å². The predicted molar refractivity (Wildman–Crippen MR) is 82.6 cm³/mol. The second-order valence-corrected chi connectivity index (χ2v) is 6.65. The average Bonchev–Trinajstić information content (AvgIpc) is 2.69. The zero-order valence-corrected chi connectivity index (χ0v) is 13.0. The van der Waals surface area contributed by atoms with E-state index in [1.165, 1.54) is 25.7 Å². The van der Waals surface area contributed by atoms with Crippen LogP contribution in [0.1, 0.15) is 57.8 Å². The summed E-state index contributed by atoms with van der Waals surface area (Å²) in [6.07, 6.45) is 9.78. The van der Waals surface area contributed by atoms with Crippen LogP contribution in [-0.2, 0) is 9.59 Å². The first kappa shape index (κ1) is 16.3. The molecular formula is C16H29N3O2. The fourth-order valence-corrected chi connectivity index (χ4v) is 3.53. The molecular weight excluding hydrogens is 266 g/mol. The van der Waals surface area contributed by atoms with Gasteiger partial charge in [-0.25, -0.2) is 0 Å². The number of nitrogens with one attached hydrogen (secondary N) is 1. The molecule has 3 N–H and O–H groups in total. The van der Waals surface area contributed by atoms with Crippen LogP contribution in [0.5, 0.6) is 0 Å². The summed E-state index contributed by atoms with van der Waals surface area (Å²) in [4.78, 5) is 25.2. The van der Waals surface area contributed by atoms with Crippen LogP contribution in [0.15, 0.2) is 0 Å². The predicted octanol–water partition coefficient (Wildman–Crippen LogP) is 1.41. The highest BCUT2D eigenvalue weighted by atomic mass is 16.2. The van der Waals surface area contributed by atoms with Crippen molar-refractivity contribution in [1.82, 2.24) is 10.2 Å². The molecule has 0 bridgehead atoms. The highest BCUT2D eigenvalue weighted by molar-refractivity contribution is 5.78. The maximum atomic E-state index is 12.1. The lowest BCUT2D eigenvalue weighted by atomic mass is 9.93. The van der Waals surface area contributed by atoms with Crippen LogP contribution < -0.4 is 11.1 Å². The summed E-state index contributed by atoms with van der Waals surface area (Å²) >= 11 is 0. The fourth-order valence-electron chi connectivity index (χ4n) is 3.53. The van der Waals surface area contributed by atoms with Gasteiger partial charge < -0.3 is 11.1 Å². The van der Waals surface area contributed by atoms with Crippen molar-refractivity contribution in [3.05, 3.63) is 0 Å². The van der Waals surface area contributed by atoms with E-state index < -0.39 is 0 Å². The van der Waals surface area contributed by atoms with E-state index in [9.17, 15) is 9.59 Å². The van der Waals surface area contributed by atoms with E-state index in [2.05, 4.69) is 10.2 Å². The molecule has 2 aliphatic rings. The monoisotopic (exact) mass is 295 g/mol. The van der Waals surface area contributed by atoms with Gasteiger partial charge in [-0.05, 0) is 44.7 Å². The molecule has 0 aromatic carbocycles. The Morgan fingerprint density at radius 2 is 1.62 bits per heavy atom.